The fraction of sp³-hybridized carbons (Fsp3) is 0.167. The average Bonchev–Trinajstić information content (AvgIpc) is 2.56. The molecule has 1 N–H and O–H groups in total. The number of methoxy groups -OCH3 is 1. The molecular weight excluding hydrogens is 297 g/mol. The molecule has 0 aliphatic rings. The molecule has 0 fully saturated rings. The topological polar surface area (TPSA) is 47.6 Å². The molecule has 4 nitrogen and oxygen atoms in total. The van der Waals surface area contributed by atoms with Crippen molar-refractivity contribution in [3.05, 3.63) is 66.5 Å². The van der Waals surface area contributed by atoms with E-state index in [1.807, 2.05) is 6.07 Å². The van der Waals surface area contributed by atoms with Gasteiger partial charge in [-0.1, -0.05) is 6.08 Å². The largest absolute Gasteiger partial charge is 0.497 e. The SMILES string of the molecule is C=CCc1cc(OC)ccc1OCC(=O)Nc1ccc(F)cc1. The molecule has 0 radical (unpaired) electrons. The minimum atomic E-state index is -0.355. The Kier molecular flexibility index (Phi) is 5.74. The number of hydrogen-bond acceptors (Lipinski definition) is 3. The van der Waals surface area contributed by atoms with Crippen LogP contribution in [0.2, 0.25) is 0 Å². The van der Waals surface area contributed by atoms with Crippen molar-refractivity contribution in [1.82, 2.24) is 0 Å². The molecule has 0 saturated carbocycles. The van der Waals surface area contributed by atoms with Gasteiger partial charge in [0.15, 0.2) is 6.61 Å². The number of carbonyl (C=O) groups excluding carboxylic acids is 1. The molecule has 2 aromatic carbocycles. The van der Waals surface area contributed by atoms with Crippen molar-refractivity contribution in [3.8, 4) is 11.5 Å². The van der Waals surface area contributed by atoms with E-state index in [2.05, 4.69) is 11.9 Å². The van der Waals surface area contributed by atoms with E-state index in [1.54, 1.807) is 25.3 Å². The smallest absolute Gasteiger partial charge is 0.262 e. The summed E-state index contributed by atoms with van der Waals surface area (Å²) in [5.74, 6) is 0.633. The molecular formula is C18H18FNO3. The third kappa shape index (κ3) is 4.85. The lowest BCUT2D eigenvalue weighted by molar-refractivity contribution is -0.118. The van der Waals surface area contributed by atoms with E-state index in [-0.39, 0.29) is 18.3 Å². The Labute approximate surface area is 134 Å². The molecule has 23 heavy (non-hydrogen) atoms. The lowest BCUT2D eigenvalue weighted by atomic mass is 10.1. The second-order valence-corrected chi connectivity index (χ2v) is 4.81. The van der Waals surface area contributed by atoms with Crippen molar-refractivity contribution in [2.45, 2.75) is 6.42 Å². The molecule has 2 rings (SSSR count). The second-order valence-electron chi connectivity index (χ2n) is 4.81. The van der Waals surface area contributed by atoms with E-state index < -0.39 is 0 Å². The first-order valence-corrected chi connectivity index (χ1v) is 7.08. The Balaban J connectivity index is 1.98. The van der Waals surface area contributed by atoms with Crippen molar-refractivity contribution in [2.24, 2.45) is 0 Å². The zero-order chi connectivity index (χ0) is 16.7. The Morgan fingerprint density at radius 2 is 2.00 bits per heavy atom. The summed E-state index contributed by atoms with van der Waals surface area (Å²) in [6, 6.07) is 10.9. The van der Waals surface area contributed by atoms with Gasteiger partial charge in [0.05, 0.1) is 7.11 Å². The second kappa shape index (κ2) is 7.98. The molecule has 0 aliphatic carbocycles. The van der Waals surface area contributed by atoms with Crippen LogP contribution in [0.4, 0.5) is 10.1 Å². The molecule has 0 aliphatic heterocycles. The van der Waals surface area contributed by atoms with Gasteiger partial charge in [0.25, 0.3) is 5.91 Å². The number of nitrogens with one attached hydrogen (secondary N) is 1. The predicted molar refractivity (Wildman–Crippen MR) is 87.4 cm³/mol. The van der Waals surface area contributed by atoms with Gasteiger partial charge in [-0.2, -0.15) is 0 Å². The normalized spacial score (nSPS) is 10.0. The van der Waals surface area contributed by atoms with E-state index >= 15 is 0 Å². The van der Waals surface area contributed by atoms with Gasteiger partial charge < -0.3 is 14.8 Å². The van der Waals surface area contributed by atoms with Gasteiger partial charge in [0.2, 0.25) is 0 Å². The van der Waals surface area contributed by atoms with E-state index in [4.69, 9.17) is 9.47 Å². The average molecular weight is 315 g/mol. The number of benzene rings is 2. The van der Waals surface area contributed by atoms with Crippen LogP contribution in [0.3, 0.4) is 0 Å². The standard InChI is InChI=1S/C18H18FNO3/c1-3-4-13-11-16(22-2)9-10-17(13)23-12-18(21)20-15-7-5-14(19)6-8-15/h3,5-11H,1,4,12H2,2H3,(H,20,21). The summed E-state index contributed by atoms with van der Waals surface area (Å²) in [5, 5.41) is 2.64. The Hall–Kier alpha value is -2.82. The van der Waals surface area contributed by atoms with Gasteiger partial charge >= 0.3 is 0 Å². The van der Waals surface area contributed by atoms with Gasteiger partial charge in [-0.15, -0.1) is 6.58 Å². The highest BCUT2D eigenvalue weighted by molar-refractivity contribution is 5.91. The number of anilines is 1. The summed E-state index contributed by atoms with van der Waals surface area (Å²) in [6.45, 7) is 3.56. The van der Waals surface area contributed by atoms with Crippen molar-refractivity contribution in [2.75, 3.05) is 19.0 Å². The van der Waals surface area contributed by atoms with E-state index in [9.17, 15) is 9.18 Å². The zero-order valence-electron chi connectivity index (χ0n) is 12.8. The van der Waals surface area contributed by atoms with Crippen molar-refractivity contribution < 1.29 is 18.7 Å². The van der Waals surface area contributed by atoms with Crippen LogP contribution in [0, 0.1) is 5.82 Å². The maximum atomic E-state index is 12.8. The van der Waals surface area contributed by atoms with Crippen LogP contribution in [0.1, 0.15) is 5.56 Å². The molecule has 5 heteroatoms. The Morgan fingerprint density at radius 1 is 1.26 bits per heavy atom. The molecule has 0 spiro atoms. The summed E-state index contributed by atoms with van der Waals surface area (Å²) in [7, 11) is 1.59. The first-order chi connectivity index (χ1) is 11.1. The zero-order valence-corrected chi connectivity index (χ0v) is 12.8. The lowest BCUT2D eigenvalue weighted by Crippen LogP contribution is -2.20. The maximum absolute atomic E-state index is 12.8. The first kappa shape index (κ1) is 16.5. The highest BCUT2D eigenvalue weighted by Gasteiger charge is 2.08. The quantitative estimate of drug-likeness (QED) is 0.795. The summed E-state index contributed by atoms with van der Waals surface area (Å²) in [5.41, 5.74) is 1.40. The van der Waals surface area contributed by atoms with Crippen LogP contribution >= 0.6 is 0 Å². The molecule has 0 atom stereocenters. The highest BCUT2D eigenvalue weighted by Crippen LogP contribution is 2.25. The summed E-state index contributed by atoms with van der Waals surface area (Å²) < 4.78 is 23.5. The molecule has 120 valence electrons. The number of amides is 1. The van der Waals surface area contributed by atoms with Crippen molar-refractivity contribution in [3.63, 3.8) is 0 Å². The number of carbonyl (C=O) groups is 1. The number of rotatable bonds is 7. The van der Waals surface area contributed by atoms with Crippen LogP contribution in [-0.2, 0) is 11.2 Å². The van der Waals surface area contributed by atoms with E-state index in [1.165, 1.54) is 24.3 Å². The van der Waals surface area contributed by atoms with E-state index in [0.29, 0.717) is 23.6 Å². The maximum Gasteiger partial charge on any atom is 0.262 e. The van der Waals surface area contributed by atoms with Crippen LogP contribution in [0.15, 0.2) is 55.1 Å². The third-order valence-electron chi connectivity index (χ3n) is 3.12. The molecule has 0 bridgehead atoms. The first-order valence-electron chi connectivity index (χ1n) is 7.08. The molecule has 0 unspecified atom stereocenters. The van der Waals surface area contributed by atoms with Gasteiger partial charge in [-0.25, -0.2) is 4.39 Å². The minimum Gasteiger partial charge on any atom is -0.497 e. The highest BCUT2D eigenvalue weighted by atomic mass is 19.1. The van der Waals surface area contributed by atoms with Gasteiger partial charge in [-0.05, 0) is 48.9 Å². The summed E-state index contributed by atoms with van der Waals surface area (Å²) in [4.78, 5) is 11.9. The number of allylic oxidation sites excluding steroid dienone is 1. The van der Waals surface area contributed by atoms with Gasteiger partial charge in [0.1, 0.15) is 17.3 Å². The van der Waals surface area contributed by atoms with Crippen LogP contribution in [0.25, 0.3) is 0 Å². The molecule has 0 aromatic heterocycles. The van der Waals surface area contributed by atoms with Crippen LogP contribution in [-0.4, -0.2) is 19.6 Å². The fourth-order valence-corrected chi connectivity index (χ4v) is 2.01. The number of ether oxygens (including phenoxy) is 2. The monoisotopic (exact) mass is 315 g/mol. The number of hydrogen-bond donors (Lipinski definition) is 1. The molecule has 0 heterocycles. The lowest BCUT2D eigenvalue weighted by Gasteiger charge is -2.12. The molecule has 1 amide bonds. The van der Waals surface area contributed by atoms with Crippen LogP contribution in [0.5, 0.6) is 11.5 Å². The van der Waals surface area contributed by atoms with E-state index in [0.717, 1.165) is 5.56 Å². The summed E-state index contributed by atoms with van der Waals surface area (Å²) >= 11 is 0. The fourth-order valence-electron chi connectivity index (χ4n) is 2.01. The number of halogens is 1. The van der Waals surface area contributed by atoms with Crippen molar-refractivity contribution in [1.29, 1.82) is 0 Å². The van der Waals surface area contributed by atoms with Gasteiger partial charge in [0, 0.05) is 11.3 Å². The molecule has 2 aromatic rings. The summed E-state index contributed by atoms with van der Waals surface area (Å²) in [6.07, 6.45) is 2.35. The minimum absolute atomic E-state index is 0.145. The predicted octanol–water partition coefficient (Wildman–Crippen LogP) is 3.58. The Morgan fingerprint density at radius 3 is 2.65 bits per heavy atom. The molecule has 0 saturated heterocycles. The van der Waals surface area contributed by atoms with Gasteiger partial charge in [-0.3, -0.25) is 4.79 Å². The van der Waals surface area contributed by atoms with Crippen molar-refractivity contribution >= 4 is 11.6 Å². The Bertz CT molecular complexity index is 683. The van der Waals surface area contributed by atoms with Crippen LogP contribution < -0.4 is 14.8 Å². The third-order valence-corrected chi connectivity index (χ3v) is 3.12.